The van der Waals surface area contributed by atoms with E-state index in [1.807, 2.05) is 37.3 Å². The van der Waals surface area contributed by atoms with Crippen molar-refractivity contribution in [1.82, 2.24) is 19.7 Å². The highest BCUT2D eigenvalue weighted by atomic mass is 35.5. The van der Waals surface area contributed by atoms with Crippen LogP contribution in [0.1, 0.15) is 27.5 Å². The van der Waals surface area contributed by atoms with E-state index in [4.69, 9.17) is 27.7 Å². The van der Waals surface area contributed by atoms with Gasteiger partial charge in [-0.2, -0.15) is 4.98 Å². The lowest BCUT2D eigenvalue weighted by molar-refractivity contribution is 0.0994. The summed E-state index contributed by atoms with van der Waals surface area (Å²) in [5.74, 6) is -0.0857. The Balaban J connectivity index is 1.58. The zero-order chi connectivity index (χ0) is 22.2. The number of carbonyl (C=O) groups is 1. The van der Waals surface area contributed by atoms with Gasteiger partial charge in [0.25, 0.3) is 11.7 Å². The van der Waals surface area contributed by atoms with E-state index < -0.39 is 0 Å². The normalized spacial score (nSPS) is 11.2. The average molecular weight is 463 g/mol. The molecule has 3 aromatic heterocycles. The van der Waals surface area contributed by atoms with Crippen molar-refractivity contribution in [3.63, 3.8) is 0 Å². The second kappa shape index (κ2) is 8.22. The molecular weight excluding hydrogens is 447 g/mol. The first-order chi connectivity index (χ1) is 15.5. The van der Waals surface area contributed by atoms with Gasteiger partial charge < -0.3 is 9.09 Å². The molecule has 0 radical (unpaired) electrons. The van der Waals surface area contributed by atoms with Crippen molar-refractivity contribution >= 4 is 39.9 Å². The first-order valence-electron chi connectivity index (χ1n) is 9.83. The summed E-state index contributed by atoms with van der Waals surface area (Å²) in [6.45, 7) is 2.38. The molecule has 2 aromatic carbocycles. The Morgan fingerprint density at radius 2 is 1.94 bits per heavy atom. The fraction of sp³-hybridized carbons (Fsp3) is 0.0833. The summed E-state index contributed by atoms with van der Waals surface area (Å²) in [4.78, 5) is 21.8. The number of fused-ring (bicyclic) bond motifs is 1. The molecule has 0 aliphatic carbocycles. The van der Waals surface area contributed by atoms with E-state index in [9.17, 15) is 4.79 Å². The summed E-state index contributed by atoms with van der Waals surface area (Å²) in [7, 11) is 0. The predicted octanol–water partition coefficient (Wildman–Crippen LogP) is 5.98. The van der Waals surface area contributed by atoms with Crippen molar-refractivity contribution in [1.29, 1.82) is 0 Å². The number of para-hydroxylation sites is 1. The maximum Gasteiger partial charge on any atom is 0.299 e. The van der Waals surface area contributed by atoms with E-state index in [1.54, 1.807) is 36.7 Å². The number of benzene rings is 2. The highest BCUT2D eigenvalue weighted by Gasteiger charge is 2.26. The highest BCUT2D eigenvalue weighted by molar-refractivity contribution is 6.35. The fourth-order valence-corrected chi connectivity index (χ4v) is 4.24. The van der Waals surface area contributed by atoms with Crippen LogP contribution in [0.2, 0.25) is 10.0 Å². The van der Waals surface area contributed by atoms with Gasteiger partial charge in [0.05, 0.1) is 5.56 Å². The van der Waals surface area contributed by atoms with E-state index in [1.165, 1.54) is 0 Å². The molecular formula is C24H16Cl2N4O2. The van der Waals surface area contributed by atoms with Gasteiger partial charge in [0.1, 0.15) is 0 Å². The molecule has 0 atom stereocenters. The third kappa shape index (κ3) is 3.57. The molecule has 0 N–H and O–H groups in total. The predicted molar refractivity (Wildman–Crippen MR) is 123 cm³/mol. The van der Waals surface area contributed by atoms with E-state index in [-0.39, 0.29) is 11.7 Å². The minimum Gasteiger partial charge on any atom is -0.340 e. The van der Waals surface area contributed by atoms with Crippen LogP contribution in [0.15, 0.2) is 71.5 Å². The smallest absolute Gasteiger partial charge is 0.299 e. The first kappa shape index (κ1) is 20.4. The number of halogens is 2. The second-order valence-corrected chi connectivity index (χ2v) is 8.14. The van der Waals surface area contributed by atoms with E-state index >= 15 is 0 Å². The van der Waals surface area contributed by atoms with Crippen molar-refractivity contribution in [3.05, 3.63) is 99.7 Å². The van der Waals surface area contributed by atoms with Gasteiger partial charge in [0, 0.05) is 51.1 Å². The van der Waals surface area contributed by atoms with Crippen molar-refractivity contribution in [2.75, 3.05) is 0 Å². The Labute approximate surface area is 193 Å². The molecule has 0 bridgehead atoms. The lowest BCUT2D eigenvalue weighted by Crippen LogP contribution is -2.07. The van der Waals surface area contributed by atoms with Gasteiger partial charge in [-0.1, -0.05) is 52.6 Å². The number of aromatic nitrogens is 4. The molecule has 32 heavy (non-hydrogen) atoms. The molecule has 0 aliphatic rings. The topological polar surface area (TPSA) is 73.8 Å². The van der Waals surface area contributed by atoms with Gasteiger partial charge in [-0.3, -0.25) is 9.78 Å². The maximum absolute atomic E-state index is 13.4. The highest BCUT2D eigenvalue weighted by Crippen LogP contribution is 2.31. The molecule has 5 rings (SSSR count). The molecule has 158 valence electrons. The molecule has 0 spiro atoms. The van der Waals surface area contributed by atoms with Crippen LogP contribution in [-0.4, -0.2) is 25.5 Å². The fourth-order valence-electron chi connectivity index (χ4n) is 3.78. The number of pyridine rings is 1. The number of hydrogen-bond donors (Lipinski definition) is 0. The molecule has 8 heteroatoms. The molecule has 0 saturated heterocycles. The van der Waals surface area contributed by atoms with Gasteiger partial charge in [-0.05, 0) is 42.8 Å². The molecule has 5 aromatic rings. The summed E-state index contributed by atoms with van der Waals surface area (Å²) in [6.07, 6.45) is 3.27. The Morgan fingerprint density at radius 1 is 1.09 bits per heavy atom. The van der Waals surface area contributed by atoms with E-state index in [0.717, 1.165) is 22.2 Å². The molecule has 0 amide bonds. The van der Waals surface area contributed by atoms with Crippen LogP contribution in [0.25, 0.3) is 22.3 Å². The first-order valence-corrected chi connectivity index (χ1v) is 10.6. The summed E-state index contributed by atoms with van der Waals surface area (Å²) in [5, 5.41) is 5.90. The van der Waals surface area contributed by atoms with E-state index in [0.29, 0.717) is 33.5 Å². The van der Waals surface area contributed by atoms with Crippen LogP contribution in [-0.2, 0) is 6.54 Å². The molecule has 0 unspecified atom stereocenters. The summed E-state index contributed by atoms with van der Waals surface area (Å²) in [6, 6.07) is 16.7. The third-order valence-electron chi connectivity index (χ3n) is 5.34. The number of rotatable bonds is 5. The SMILES string of the molecule is Cc1c(C(=O)c2nc(-c3cccnc3)no2)c2ccccc2n1Cc1ccc(Cl)cc1Cl. The quantitative estimate of drug-likeness (QED) is 0.300. The lowest BCUT2D eigenvalue weighted by atomic mass is 10.1. The number of nitrogens with zero attached hydrogens (tertiary/aromatic N) is 4. The van der Waals surface area contributed by atoms with E-state index in [2.05, 4.69) is 19.7 Å². The Bertz CT molecular complexity index is 1460. The van der Waals surface area contributed by atoms with Gasteiger partial charge >= 0.3 is 0 Å². The Kier molecular flexibility index (Phi) is 5.25. The largest absolute Gasteiger partial charge is 0.340 e. The van der Waals surface area contributed by atoms with Crippen molar-refractivity contribution in [2.24, 2.45) is 0 Å². The van der Waals surface area contributed by atoms with Crippen molar-refractivity contribution in [2.45, 2.75) is 13.5 Å². The minimum atomic E-state index is -0.331. The number of carbonyl (C=O) groups excluding carboxylic acids is 1. The molecule has 0 fully saturated rings. The zero-order valence-corrected chi connectivity index (χ0v) is 18.4. The summed E-state index contributed by atoms with van der Waals surface area (Å²) >= 11 is 12.4. The lowest BCUT2D eigenvalue weighted by Gasteiger charge is -2.10. The maximum atomic E-state index is 13.4. The minimum absolute atomic E-state index is 0.0700. The van der Waals surface area contributed by atoms with Gasteiger partial charge in [-0.25, -0.2) is 0 Å². The Hall–Kier alpha value is -3.48. The standard InChI is InChI=1S/C24H16Cl2N4O2/c1-14-21(22(31)24-28-23(29-32-24)15-5-4-10-27-12-15)18-6-2-3-7-20(18)30(14)13-16-8-9-17(25)11-19(16)26/h2-12H,13H2,1H3. The molecule has 3 heterocycles. The third-order valence-corrected chi connectivity index (χ3v) is 5.93. The van der Waals surface area contributed by atoms with Gasteiger partial charge in [0.15, 0.2) is 0 Å². The monoisotopic (exact) mass is 462 g/mol. The summed E-state index contributed by atoms with van der Waals surface area (Å²) < 4.78 is 7.37. The average Bonchev–Trinajstić information content (AvgIpc) is 3.40. The van der Waals surface area contributed by atoms with Crippen LogP contribution in [0, 0.1) is 6.92 Å². The molecule has 6 nitrogen and oxygen atoms in total. The van der Waals surface area contributed by atoms with Crippen LogP contribution >= 0.6 is 23.2 Å². The molecule has 0 aliphatic heterocycles. The van der Waals surface area contributed by atoms with Crippen LogP contribution in [0.3, 0.4) is 0 Å². The summed E-state index contributed by atoms with van der Waals surface area (Å²) in [5.41, 5.74) is 3.78. The van der Waals surface area contributed by atoms with Crippen LogP contribution in [0.4, 0.5) is 0 Å². The number of ketones is 1. The van der Waals surface area contributed by atoms with Gasteiger partial charge in [-0.15, -0.1) is 0 Å². The Morgan fingerprint density at radius 3 is 2.72 bits per heavy atom. The van der Waals surface area contributed by atoms with Gasteiger partial charge in [0.2, 0.25) is 5.82 Å². The van der Waals surface area contributed by atoms with Crippen molar-refractivity contribution in [3.8, 4) is 11.4 Å². The van der Waals surface area contributed by atoms with Crippen LogP contribution < -0.4 is 0 Å². The zero-order valence-electron chi connectivity index (χ0n) is 16.9. The van der Waals surface area contributed by atoms with Crippen LogP contribution in [0.5, 0.6) is 0 Å². The van der Waals surface area contributed by atoms with Crippen molar-refractivity contribution < 1.29 is 9.32 Å². The number of hydrogen-bond acceptors (Lipinski definition) is 5. The second-order valence-electron chi connectivity index (χ2n) is 7.29. The molecule has 0 saturated carbocycles.